The van der Waals surface area contributed by atoms with Crippen LogP contribution in [0.25, 0.3) is 0 Å². The van der Waals surface area contributed by atoms with Crippen molar-refractivity contribution in [3.8, 4) is 0 Å². The predicted molar refractivity (Wildman–Crippen MR) is 69.9 cm³/mol. The van der Waals surface area contributed by atoms with E-state index in [0.29, 0.717) is 0 Å². The second kappa shape index (κ2) is 6.16. The molecule has 1 unspecified atom stereocenters. The van der Waals surface area contributed by atoms with E-state index in [0.717, 1.165) is 16.6 Å². The van der Waals surface area contributed by atoms with Crippen LogP contribution in [0, 0.1) is 5.82 Å². The monoisotopic (exact) mass is 285 g/mol. The number of hydrogen-bond donors (Lipinski definition) is 1. The van der Waals surface area contributed by atoms with Crippen molar-refractivity contribution in [2.24, 2.45) is 0 Å². The Balaban J connectivity index is 3.05. The molecule has 0 saturated carbocycles. The first-order chi connectivity index (χ1) is 7.54. The molecule has 1 nitrogen and oxygen atoms in total. The number of likely N-dealkylation sites (N-methyl/N-ethyl adjacent to an activating group) is 1. The molecular formula is C13H17BrFN. The van der Waals surface area contributed by atoms with Gasteiger partial charge in [-0.1, -0.05) is 40.6 Å². The van der Waals surface area contributed by atoms with Gasteiger partial charge in [0.25, 0.3) is 0 Å². The number of nitrogens with one attached hydrogen (secondary N) is 1. The first-order valence-corrected chi connectivity index (χ1v) is 6.17. The lowest BCUT2D eigenvalue weighted by atomic mass is 10.0. The second-order valence-electron chi connectivity index (χ2n) is 3.95. The van der Waals surface area contributed by atoms with E-state index < -0.39 is 0 Å². The van der Waals surface area contributed by atoms with Crippen molar-refractivity contribution < 1.29 is 4.39 Å². The van der Waals surface area contributed by atoms with Gasteiger partial charge in [-0.3, -0.25) is 0 Å². The number of hydrogen-bond acceptors (Lipinski definition) is 1. The van der Waals surface area contributed by atoms with Crippen molar-refractivity contribution in [3.05, 3.63) is 45.7 Å². The molecule has 0 radical (unpaired) electrons. The fourth-order valence-corrected chi connectivity index (χ4v) is 2.16. The summed E-state index contributed by atoms with van der Waals surface area (Å²) < 4.78 is 13.8. The molecule has 0 heterocycles. The summed E-state index contributed by atoms with van der Waals surface area (Å²) in [7, 11) is 0. The van der Waals surface area contributed by atoms with Crippen LogP contribution in [0.2, 0.25) is 0 Å². The van der Waals surface area contributed by atoms with E-state index >= 15 is 0 Å². The Kier molecular flexibility index (Phi) is 5.16. The minimum atomic E-state index is -0.219. The van der Waals surface area contributed by atoms with E-state index in [2.05, 4.69) is 48.1 Å². The van der Waals surface area contributed by atoms with Gasteiger partial charge in [0, 0.05) is 4.47 Å². The highest BCUT2D eigenvalue weighted by atomic mass is 79.9. The Labute approximate surface area is 105 Å². The van der Waals surface area contributed by atoms with Gasteiger partial charge in [-0.05, 0) is 38.1 Å². The Morgan fingerprint density at radius 1 is 1.50 bits per heavy atom. The molecule has 1 N–H and O–H groups in total. The van der Waals surface area contributed by atoms with E-state index in [9.17, 15) is 4.39 Å². The molecule has 0 aliphatic heterocycles. The Bertz CT molecular complexity index is 384. The van der Waals surface area contributed by atoms with Crippen LogP contribution in [-0.4, -0.2) is 6.54 Å². The Morgan fingerprint density at radius 3 is 2.69 bits per heavy atom. The molecule has 0 fully saturated rings. The first kappa shape index (κ1) is 13.4. The molecule has 0 aliphatic rings. The predicted octanol–water partition coefficient (Wildman–Crippen LogP) is 4.21. The summed E-state index contributed by atoms with van der Waals surface area (Å²) in [6.45, 7) is 7.05. The number of benzene rings is 1. The molecule has 1 atom stereocenters. The molecule has 1 aromatic carbocycles. The van der Waals surface area contributed by atoms with Crippen LogP contribution in [-0.2, 0) is 0 Å². The van der Waals surface area contributed by atoms with Crippen molar-refractivity contribution in [2.75, 3.05) is 6.54 Å². The molecule has 3 heteroatoms. The summed E-state index contributed by atoms with van der Waals surface area (Å²) in [5.41, 5.74) is 2.30. The molecule has 0 aromatic heterocycles. The number of rotatable bonds is 4. The Hall–Kier alpha value is -0.670. The first-order valence-electron chi connectivity index (χ1n) is 5.38. The highest BCUT2D eigenvalue weighted by molar-refractivity contribution is 9.10. The van der Waals surface area contributed by atoms with Crippen molar-refractivity contribution >= 4 is 15.9 Å². The van der Waals surface area contributed by atoms with Crippen LogP contribution in [0.3, 0.4) is 0 Å². The van der Waals surface area contributed by atoms with Crippen LogP contribution in [0.1, 0.15) is 32.4 Å². The molecule has 88 valence electrons. The van der Waals surface area contributed by atoms with E-state index in [4.69, 9.17) is 0 Å². The Morgan fingerprint density at radius 2 is 2.19 bits per heavy atom. The van der Waals surface area contributed by atoms with E-state index in [1.54, 1.807) is 0 Å². The van der Waals surface area contributed by atoms with E-state index in [1.165, 1.54) is 17.7 Å². The smallest absolute Gasteiger partial charge is 0.124 e. The molecular weight excluding hydrogens is 269 g/mol. The zero-order valence-electron chi connectivity index (χ0n) is 9.85. The fourth-order valence-electron chi connectivity index (χ4n) is 1.57. The minimum absolute atomic E-state index is 0.130. The fraction of sp³-hybridized carbons (Fsp3) is 0.385. The third kappa shape index (κ3) is 3.72. The third-order valence-electron chi connectivity index (χ3n) is 2.22. The van der Waals surface area contributed by atoms with Crippen molar-refractivity contribution in [1.29, 1.82) is 0 Å². The maximum Gasteiger partial charge on any atom is 0.124 e. The highest BCUT2D eigenvalue weighted by Gasteiger charge is 2.11. The summed E-state index contributed by atoms with van der Waals surface area (Å²) in [6.07, 6.45) is 2.14. The molecule has 0 spiro atoms. The lowest BCUT2D eigenvalue weighted by Crippen LogP contribution is -2.19. The third-order valence-corrected chi connectivity index (χ3v) is 2.91. The summed E-state index contributed by atoms with van der Waals surface area (Å²) in [6, 6.07) is 4.93. The van der Waals surface area contributed by atoms with Gasteiger partial charge < -0.3 is 5.32 Å². The van der Waals surface area contributed by atoms with E-state index in [-0.39, 0.29) is 11.9 Å². The average molecular weight is 286 g/mol. The average Bonchev–Trinajstić information content (AvgIpc) is 2.16. The largest absolute Gasteiger partial charge is 0.307 e. The van der Waals surface area contributed by atoms with Gasteiger partial charge in [0.1, 0.15) is 5.82 Å². The van der Waals surface area contributed by atoms with Gasteiger partial charge >= 0.3 is 0 Å². The summed E-state index contributed by atoms with van der Waals surface area (Å²) in [5.74, 6) is -0.219. The standard InChI is InChI=1S/C13H17BrFN/c1-4-16-13(7-9(2)3)11-6-5-10(15)8-12(11)14/h5-8,13,16H,4H2,1-3H3. The molecule has 0 aliphatic carbocycles. The molecule has 1 aromatic rings. The summed E-state index contributed by atoms with van der Waals surface area (Å²) in [5, 5.41) is 3.36. The number of allylic oxidation sites excluding steroid dienone is 1. The van der Waals surface area contributed by atoms with Gasteiger partial charge in [0.15, 0.2) is 0 Å². The molecule has 0 amide bonds. The zero-order chi connectivity index (χ0) is 12.1. The van der Waals surface area contributed by atoms with Gasteiger partial charge in [0.05, 0.1) is 6.04 Å². The summed E-state index contributed by atoms with van der Waals surface area (Å²) in [4.78, 5) is 0. The van der Waals surface area contributed by atoms with Crippen LogP contribution >= 0.6 is 15.9 Å². The SMILES string of the molecule is CCNC(C=C(C)C)c1ccc(F)cc1Br. The lowest BCUT2D eigenvalue weighted by Gasteiger charge is -2.16. The topological polar surface area (TPSA) is 12.0 Å². The quantitative estimate of drug-likeness (QED) is 0.818. The molecule has 1 rings (SSSR count). The van der Waals surface area contributed by atoms with Crippen LogP contribution in [0.5, 0.6) is 0 Å². The normalized spacial score (nSPS) is 12.3. The van der Waals surface area contributed by atoms with E-state index in [1.807, 2.05) is 6.07 Å². The van der Waals surface area contributed by atoms with Crippen molar-refractivity contribution in [3.63, 3.8) is 0 Å². The van der Waals surface area contributed by atoms with Crippen LogP contribution < -0.4 is 5.32 Å². The molecule has 0 saturated heterocycles. The minimum Gasteiger partial charge on any atom is -0.307 e. The lowest BCUT2D eigenvalue weighted by molar-refractivity contribution is 0.616. The van der Waals surface area contributed by atoms with Gasteiger partial charge in [-0.15, -0.1) is 0 Å². The van der Waals surface area contributed by atoms with Gasteiger partial charge in [0.2, 0.25) is 0 Å². The molecule has 0 bridgehead atoms. The van der Waals surface area contributed by atoms with Crippen LogP contribution in [0.4, 0.5) is 4.39 Å². The van der Waals surface area contributed by atoms with Gasteiger partial charge in [-0.2, -0.15) is 0 Å². The van der Waals surface area contributed by atoms with Crippen molar-refractivity contribution in [2.45, 2.75) is 26.8 Å². The maximum atomic E-state index is 13.0. The second-order valence-corrected chi connectivity index (χ2v) is 4.80. The molecule has 16 heavy (non-hydrogen) atoms. The van der Waals surface area contributed by atoms with Crippen LogP contribution in [0.15, 0.2) is 34.3 Å². The van der Waals surface area contributed by atoms with Crippen molar-refractivity contribution in [1.82, 2.24) is 5.32 Å². The highest BCUT2D eigenvalue weighted by Crippen LogP contribution is 2.26. The maximum absolute atomic E-state index is 13.0. The van der Waals surface area contributed by atoms with Gasteiger partial charge in [-0.25, -0.2) is 4.39 Å². The zero-order valence-corrected chi connectivity index (χ0v) is 11.4. The number of halogens is 2. The summed E-state index contributed by atoms with van der Waals surface area (Å²) >= 11 is 3.40.